The fourth-order valence-electron chi connectivity index (χ4n) is 3.21. The number of alkyl halides is 3. The summed E-state index contributed by atoms with van der Waals surface area (Å²) < 4.78 is 51.1. The minimum atomic E-state index is -4.44. The van der Waals surface area contributed by atoms with Gasteiger partial charge in [0.1, 0.15) is 5.82 Å². The number of hydrogen-bond acceptors (Lipinski definition) is 3. The second-order valence-corrected chi connectivity index (χ2v) is 6.62. The number of benzene rings is 1. The van der Waals surface area contributed by atoms with Gasteiger partial charge in [0.25, 0.3) is 0 Å². The lowest BCUT2D eigenvalue weighted by atomic mass is 9.91. The quantitative estimate of drug-likeness (QED) is 0.798. The number of nitrogens with zero attached hydrogens (tertiary/aromatic N) is 1. The summed E-state index contributed by atoms with van der Waals surface area (Å²) in [5.41, 5.74) is 0.394. The van der Waals surface area contributed by atoms with Crippen LogP contribution in [0.25, 0.3) is 0 Å². The van der Waals surface area contributed by atoms with E-state index in [9.17, 15) is 22.4 Å². The van der Waals surface area contributed by atoms with E-state index < -0.39 is 17.7 Å². The normalized spacial score (nSPS) is 21.1. The summed E-state index contributed by atoms with van der Waals surface area (Å²) >= 11 is 0. The van der Waals surface area contributed by atoms with Gasteiger partial charge in [0.05, 0.1) is 17.5 Å². The summed E-state index contributed by atoms with van der Waals surface area (Å²) in [5.74, 6) is -1.33. The Morgan fingerprint density at radius 3 is 2.48 bits per heavy atom. The Bertz CT molecular complexity index is 790. The van der Waals surface area contributed by atoms with Crippen LogP contribution in [-0.2, 0) is 11.0 Å². The van der Waals surface area contributed by atoms with E-state index in [1.165, 1.54) is 18.2 Å². The number of halogens is 4. The molecule has 4 nitrogen and oxygen atoms in total. The van der Waals surface area contributed by atoms with E-state index in [1.807, 2.05) is 0 Å². The maximum atomic E-state index is 13.0. The molecule has 3 atom stereocenters. The molecule has 1 aromatic carbocycles. The topological polar surface area (TPSA) is 54.0 Å². The predicted molar refractivity (Wildman–Crippen MR) is 91.3 cm³/mol. The highest BCUT2D eigenvalue weighted by Gasteiger charge is 2.36. The Balaban J connectivity index is 1.70. The number of nitrogens with one attached hydrogen (secondary N) is 2. The monoisotopic (exact) mass is 381 g/mol. The number of rotatable bonds is 4. The van der Waals surface area contributed by atoms with Crippen LogP contribution in [0.15, 0.2) is 42.6 Å². The summed E-state index contributed by atoms with van der Waals surface area (Å²) in [7, 11) is 0. The molecule has 0 spiro atoms. The van der Waals surface area contributed by atoms with Gasteiger partial charge >= 0.3 is 6.18 Å². The molecule has 2 heterocycles. The number of amides is 1. The molecule has 8 heteroatoms. The van der Waals surface area contributed by atoms with E-state index >= 15 is 0 Å². The van der Waals surface area contributed by atoms with Crippen LogP contribution in [0.5, 0.6) is 0 Å². The van der Waals surface area contributed by atoms with Crippen molar-refractivity contribution in [3.05, 3.63) is 65.2 Å². The third kappa shape index (κ3) is 4.44. The van der Waals surface area contributed by atoms with Crippen LogP contribution in [-0.4, -0.2) is 24.0 Å². The molecule has 2 aromatic rings. The van der Waals surface area contributed by atoms with E-state index in [1.54, 1.807) is 19.1 Å². The maximum absolute atomic E-state index is 13.0. The lowest BCUT2D eigenvalue weighted by Gasteiger charge is -2.21. The van der Waals surface area contributed by atoms with Crippen LogP contribution in [0, 0.1) is 11.7 Å². The summed E-state index contributed by atoms with van der Waals surface area (Å²) in [6.45, 7) is 2.66. The van der Waals surface area contributed by atoms with E-state index in [-0.39, 0.29) is 23.7 Å². The largest absolute Gasteiger partial charge is 0.417 e. The molecule has 0 radical (unpaired) electrons. The Hall–Kier alpha value is -2.48. The third-order valence-electron chi connectivity index (χ3n) is 4.77. The second kappa shape index (κ2) is 7.64. The molecule has 1 aliphatic heterocycles. The Kier molecular flexibility index (Phi) is 5.46. The number of carbonyl (C=O) groups excluding carboxylic acids is 1. The average Bonchev–Trinajstić information content (AvgIpc) is 3.11. The Morgan fingerprint density at radius 1 is 1.19 bits per heavy atom. The maximum Gasteiger partial charge on any atom is 0.417 e. The van der Waals surface area contributed by atoms with Gasteiger partial charge in [0, 0.05) is 30.9 Å². The first kappa shape index (κ1) is 19.3. The molecule has 1 aliphatic rings. The van der Waals surface area contributed by atoms with Gasteiger partial charge < -0.3 is 10.6 Å². The van der Waals surface area contributed by atoms with Crippen molar-refractivity contribution in [1.82, 2.24) is 15.6 Å². The number of aromatic nitrogens is 1. The number of carbonyl (C=O) groups is 1. The summed E-state index contributed by atoms with van der Waals surface area (Å²) in [5, 5.41) is 5.98. The average molecular weight is 381 g/mol. The van der Waals surface area contributed by atoms with Crippen molar-refractivity contribution in [1.29, 1.82) is 0 Å². The first-order chi connectivity index (χ1) is 12.8. The smallest absolute Gasteiger partial charge is 0.349 e. The molecule has 1 amide bonds. The zero-order valence-electron chi connectivity index (χ0n) is 14.6. The minimum absolute atomic E-state index is 0.219. The van der Waals surface area contributed by atoms with Gasteiger partial charge in [-0.3, -0.25) is 9.78 Å². The SMILES string of the molecule is CC(NC(=O)C1CNCC1c1ccc(C(F)(F)F)cn1)c1ccc(F)cc1. The van der Waals surface area contributed by atoms with Crippen molar-refractivity contribution in [2.45, 2.75) is 25.1 Å². The molecule has 3 unspecified atom stereocenters. The van der Waals surface area contributed by atoms with Gasteiger partial charge in [-0.2, -0.15) is 13.2 Å². The molecule has 3 rings (SSSR count). The highest BCUT2D eigenvalue weighted by Crippen LogP contribution is 2.32. The summed E-state index contributed by atoms with van der Waals surface area (Å²) in [6.07, 6.45) is -3.65. The molecule has 1 saturated heterocycles. The molecule has 1 aromatic heterocycles. The fraction of sp³-hybridized carbons (Fsp3) is 0.368. The number of pyridine rings is 1. The molecule has 2 N–H and O–H groups in total. The summed E-state index contributed by atoms with van der Waals surface area (Å²) in [6, 6.07) is 7.83. The first-order valence-corrected chi connectivity index (χ1v) is 8.55. The molecular formula is C19H19F4N3O. The molecule has 1 fully saturated rings. The van der Waals surface area contributed by atoms with Crippen LogP contribution in [0.4, 0.5) is 17.6 Å². The van der Waals surface area contributed by atoms with Crippen molar-refractivity contribution >= 4 is 5.91 Å². The molecule has 27 heavy (non-hydrogen) atoms. The van der Waals surface area contributed by atoms with E-state index in [2.05, 4.69) is 15.6 Å². The van der Waals surface area contributed by atoms with Gasteiger partial charge in [-0.1, -0.05) is 12.1 Å². The molecule has 144 valence electrons. The van der Waals surface area contributed by atoms with Gasteiger partial charge in [-0.15, -0.1) is 0 Å². The van der Waals surface area contributed by atoms with E-state index in [0.29, 0.717) is 18.8 Å². The van der Waals surface area contributed by atoms with Crippen LogP contribution < -0.4 is 10.6 Å². The van der Waals surface area contributed by atoms with Gasteiger partial charge in [0.15, 0.2) is 0 Å². The van der Waals surface area contributed by atoms with Gasteiger partial charge in [-0.25, -0.2) is 4.39 Å². The fourth-order valence-corrected chi connectivity index (χ4v) is 3.21. The highest BCUT2D eigenvalue weighted by atomic mass is 19.4. The zero-order valence-corrected chi connectivity index (χ0v) is 14.6. The summed E-state index contributed by atoms with van der Waals surface area (Å²) in [4.78, 5) is 16.6. The van der Waals surface area contributed by atoms with E-state index in [4.69, 9.17) is 0 Å². The minimum Gasteiger partial charge on any atom is -0.349 e. The zero-order chi connectivity index (χ0) is 19.6. The van der Waals surface area contributed by atoms with Crippen LogP contribution in [0.3, 0.4) is 0 Å². The Morgan fingerprint density at radius 2 is 1.89 bits per heavy atom. The highest BCUT2D eigenvalue weighted by molar-refractivity contribution is 5.80. The lowest BCUT2D eigenvalue weighted by Crippen LogP contribution is -2.36. The standard InChI is InChI=1S/C19H19F4N3O/c1-11(12-2-5-14(20)6-3-12)26-18(27)16-10-24-9-15(16)17-7-4-13(8-25-17)19(21,22)23/h2-8,11,15-16,24H,9-10H2,1H3,(H,26,27). The van der Waals surface area contributed by atoms with Crippen molar-refractivity contribution in [3.63, 3.8) is 0 Å². The molecule has 0 bridgehead atoms. The lowest BCUT2D eigenvalue weighted by molar-refractivity contribution is -0.137. The van der Waals surface area contributed by atoms with Crippen molar-refractivity contribution < 1.29 is 22.4 Å². The van der Waals surface area contributed by atoms with Crippen LogP contribution >= 0.6 is 0 Å². The number of hydrogen-bond donors (Lipinski definition) is 2. The Labute approximate surface area is 154 Å². The van der Waals surface area contributed by atoms with Gasteiger partial charge in [-0.05, 0) is 36.8 Å². The van der Waals surface area contributed by atoms with E-state index in [0.717, 1.165) is 17.8 Å². The molecule has 0 aliphatic carbocycles. The van der Waals surface area contributed by atoms with Crippen LogP contribution in [0.1, 0.15) is 35.7 Å². The predicted octanol–water partition coefficient (Wildman–Crippen LogP) is 3.42. The van der Waals surface area contributed by atoms with Crippen LogP contribution in [0.2, 0.25) is 0 Å². The second-order valence-electron chi connectivity index (χ2n) is 6.62. The van der Waals surface area contributed by atoms with Crippen molar-refractivity contribution in [3.8, 4) is 0 Å². The van der Waals surface area contributed by atoms with Crippen molar-refractivity contribution in [2.75, 3.05) is 13.1 Å². The molecule has 0 saturated carbocycles. The van der Waals surface area contributed by atoms with Crippen molar-refractivity contribution in [2.24, 2.45) is 5.92 Å². The third-order valence-corrected chi connectivity index (χ3v) is 4.77. The molecular weight excluding hydrogens is 362 g/mol. The first-order valence-electron chi connectivity index (χ1n) is 8.55. The van der Waals surface area contributed by atoms with Gasteiger partial charge in [0.2, 0.25) is 5.91 Å².